The number of piperidine rings is 1. The molecule has 1 fully saturated rings. The quantitative estimate of drug-likeness (QED) is 0.843. The summed E-state index contributed by atoms with van der Waals surface area (Å²) in [6.07, 6.45) is 5.44. The lowest BCUT2D eigenvalue weighted by molar-refractivity contribution is 0.0772. The molecule has 0 bridgehead atoms. The van der Waals surface area contributed by atoms with Gasteiger partial charge in [0.2, 0.25) is 0 Å². The predicted octanol–water partition coefficient (Wildman–Crippen LogP) is 4.01. The second-order valence-electron chi connectivity index (χ2n) is 8.30. The number of likely N-dealkylation sites (tertiary alicyclic amines) is 1. The van der Waals surface area contributed by atoms with Crippen molar-refractivity contribution in [3.63, 3.8) is 0 Å². The van der Waals surface area contributed by atoms with Crippen LogP contribution in [-0.4, -0.2) is 29.6 Å². The first kappa shape index (κ1) is 18.7. The van der Waals surface area contributed by atoms with Crippen LogP contribution < -0.4 is 5.73 Å². The number of aryl methyl sites for hydroxylation is 1. The average molecular weight is 365 g/mol. The molecular formula is C24H32N2O. The van der Waals surface area contributed by atoms with Gasteiger partial charge in [0.15, 0.2) is 0 Å². The van der Waals surface area contributed by atoms with Crippen LogP contribution in [0.2, 0.25) is 0 Å². The van der Waals surface area contributed by atoms with Gasteiger partial charge in [-0.3, -0.25) is 0 Å². The van der Waals surface area contributed by atoms with Crippen molar-refractivity contribution < 1.29 is 5.11 Å². The molecule has 3 heteroatoms. The van der Waals surface area contributed by atoms with E-state index in [9.17, 15) is 5.11 Å². The molecule has 1 aliphatic carbocycles. The van der Waals surface area contributed by atoms with E-state index in [2.05, 4.69) is 53.4 Å². The number of aliphatic hydroxyl groups is 1. The second-order valence-corrected chi connectivity index (χ2v) is 8.30. The Morgan fingerprint density at radius 3 is 2.52 bits per heavy atom. The van der Waals surface area contributed by atoms with Crippen LogP contribution in [0.25, 0.3) is 0 Å². The van der Waals surface area contributed by atoms with Gasteiger partial charge in [0.1, 0.15) is 0 Å². The molecule has 2 atom stereocenters. The van der Waals surface area contributed by atoms with Gasteiger partial charge in [-0.05, 0) is 85.8 Å². The van der Waals surface area contributed by atoms with Crippen LogP contribution in [0, 0.1) is 5.92 Å². The Balaban J connectivity index is 1.28. The van der Waals surface area contributed by atoms with Gasteiger partial charge in [-0.2, -0.15) is 0 Å². The Morgan fingerprint density at radius 2 is 1.78 bits per heavy atom. The van der Waals surface area contributed by atoms with E-state index in [0.29, 0.717) is 18.4 Å². The zero-order valence-corrected chi connectivity index (χ0v) is 16.2. The van der Waals surface area contributed by atoms with Crippen LogP contribution in [0.3, 0.4) is 0 Å². The van der Waals surface area contributed by atoms with Gasteiger partial charge in [-0.15, -0.1) is 0 Å². The molecule has 1 aliphatic heterocycles. The molecule has 2 aromatic carbocycles. The molecule has 1 saturated heterocycles. The third-order valence-electron chi connectivity index (χ3n) is 6.67. The van der Waals surface area contributed by atoms with Crippen LogP contribution in [0.4, 0.5) is 0 Å². The largest absolute Gasteiger partial charge is 0.388 e. The molecule has 3 N–H and O–H groups in total. The molecule has 27 heavy (non-hydrogen) atoms. The van der Waals surface area contributed by atoms with Crippen LogP contribution in [-0.2, 0) is 13.0 Å². The summed E-state index contributed by atoms with van der Waals surface area (Å²) in [6.45, 7) is 4.04. The van der Waals surface area contributed by atoms with Crippen molar-refractivity contribution >= 4 is 0 Å². The summed E-state index contributed by atoms with van der Waals surface area (Å²) in [5.41, 5.74) is 10.8. The van der Waals surface area contributed by atoms with Gasteiger partial charge >= 0.3 is 0 Å². The number of nitrogens with two attached hydrogens (primary N) is 1. The van der Waals surface area contributed by atoms with Crippen LogP contribution in [0.15, 0.2) is 48.5 Å². The molecular weight excluding hydrogens is 332 g/mol. The molecule has 0 spiro atoms. The lowest BCUT2D eigenvalue weighted by Gasteiger charge is -2.35. The molecule has 0 amide bonds. The SMILES string of the molecule is NCc1ccc2c(c1)CCC(CCN1CCC(c3ccccc3)CC1)C2O. The van der Waals surface area contributed by atoms with E-state index in [-0.39, 0.29) is 6.10 Å². The Morgan fingerprint density at radius 1 is 1.00 bits per heavy atom. The Hall–Kier alpha value is -1.68. The van der Waals surface area contributed by atoms with Gasteiger partial charge in [0.05, 0.1) is 6.10 Å². The van der Waals surface area contributed by atoms with Crippen molar-refractivity contribution in [3.8, 4) is 0 Å². The van der Waals surface area contributed by atoms with Crippen molar-refractivity contribution in [3.05, 3.63) is 70.8 Å². The lowest BCUT2D eigenvalue weighted by atomic mass is 9.79. The summed E-state index contributed by atoms with van der Waals surface area (Å²) in [5.74, 6) is 1.10. The van der Waals surface area contributed by atoms with E-state index >= 15 is 0 Å². The highest BCUT2D eigenvalue weighted by Gasteiger charge is 2.29. The Bertz CT molecular complexity index is 737. The third kappa shape index (κ3) is 4.26. The molecule has 1 heterocycles. The van der Waals surface area contributed by atoms with E-state index in [0.717, 1.165) is 31.4 Å². The highest BCUT2D eigenvalue weighted by molar-refractivity contribution is 5.36. The fraction of sp³-hybridized carbons (Fsp3) is 0.500. The van der Waals surface area contributed by atoms with Crippen LogP contribution in [0.1, 0.15) is 60.0 Å². The van der Waals surface area contributed by atoms with Crippen LogP contribution in [0.5, 0.6) is 0 Å². The van der Waals surface area contributed by atoms with Gasteiger partial charge in [-0.1, -0.05) is 48.5 Å². The minimum Gasteiger partial charge on any atom is -0.388 e. The van der Waals surface area contributed by atoms with E-state index in [1.54, 1.807) is 0 Å². The second kappa shape index (κ2) is 8.55. The van der Waals surface area contributed by atoms with Crippen LogP contribution >= 0.6 is 0 Å². The third-order valence-corrected chi connectivity index (χ3v) is 6.67. The first-order chi connectivity index (χ1) is 13.2. The van der Waals surface area contributed by atoms with Crippen molar-refractivity contribution in [2.45, 2.75) is 50.7 Å². The van der Waals surface area contributed by atoms with E-state index in [1.807, 2.05) is 0 Å². The number of rotatable bonds is 5. The average Bonchev–Trinajstić information content (AvgIpc) is 2.74. The van der Waals surface area contributed by atoms with Crippen molar-refractivity contribution in [1.82, 2.24) is 4.90 Å². The molecule has 2 aromatic rings. The standard InChI is InChI=1S/C24H32N2O/c25-17-18-6-9-23-22(16-18)8-7-21(24(23)27)12-15-26-13-10-20(11-14-26)19-4-2-1-3-5-19/h1-6,9,16,20-21,24,27H,7-8,10-15,17,25H2. The topological polar surface area (TPSA) is 49.5 Å². The maximum absolute atomic E-state index is 10.9. The molecule has 144 valence electrons. The number of hydrogen-bond acceptors (Lipinski definition) is 3. The minimum absolute atomic E-state index is 0.317. The minimum atomic E-state index is -0.317. The molecule has 0 radical (unpaired) electrons. The zero-order valence-electron chi connectivity index (χ0n) is 16.2. The monoisotopic (exact) mass is 364 g/mol. The molecule has 3 nitrogen and oxygen atoms in total. The number of benzene rings is 2. The predicted molar refractivity (Wildman–Crippen MR) is 111 cm³/mol. The number of nitrogens with zero attached hydrogens (tertiary/aromatic N) is 1. The summed E-state index contributed by atoms with van der Waals surface area (Å²) < 4.78 is 0. The Labute approximate surface area is 163 Å². The molecule has 0 saturated carbocycles. The number of fused-ring (bicyclic) bond motifs is 1. The van der Waals surface area contributed by atoms with Gasteiger partial charge in [0.25, 0.3) is 0 Å². The fourth-order valence-corrected chi connectivity index (χ4v) is 4.91. The first-order valence-electron chi connectivity index (χ1n) is 10.5. The summed E-state index contributed by atoms with van der Waals surface area (Å²) in [4.78, 5) is 2.60. The molecule has 4 rings (SSSR count). The van der Waals surface area contributed by atoms with Gasteiger partial charge < -0.3 is 15.7 Å². The lowest BCUT2D eigenvalue weighted by Crippen LogP contribution is -2.35. The smallest absolute Gasteiger partial charge is 0.0821 e. The first-order valence-corrected chi connectivity index (χ1v) is 10.5. The molecule has 0 aromatic heterocycles. The normalized spacial score (nSPS) is 23.9. The van der Waals surface area contributed by atoms with E-state index in [4.69, 9.17) is 5.73 Å². The van der Waals surface area contributed by atoms with Crippen molar-refractivity contribution in [1.29, 1.82) is 0 Å². The molecule has 2 unspecified atom stereocenters. The number of aliphatic hydroxyl groups excluding tert-OH is 1. The molecule has 2 aliphatic rings. The highest BCUT2D eigenvalue weighted by Crippen LogP contribution is 2.37. The Kier molecular flexibility index (Phi) is 5.92. The zero-order chi connectivity index (χ0) is 18.6. The summed E-state index contributed by atoms with van der Waals surface area (Å²) in [7, 11) is 0. The summed E-state index contributed by atoms with van der Waals surface area (Å²) in [5, 5.41) is 10.9. The fourth-order valence-electron chi connectivity index (χ4n) is 4.91. The summed E-state index contributed by atoms with van der Waals surface area (Å²) in [6, 6.07) is 17.3. The number of hydrogen-bond donors (Lipinski definition) is 2. The van der Waals surface area contributed by atoms with E-state index < -0.39 is 0 Å². The maximum Gasteiger partial charge on any atom is 0.0821 e. The summed E-state index contributed by atoms with van der Waals surface area (Å²) >= 11 is 0. The van der Waals surface area contributed by atoms with Crippen molar-refractivity contribution in [2.24, 2.45) is 11.7 Å². The van der Waals surface area contributed by atoms with Gasteiger partial charge in [0, 0.05) is 6.54 Å². The highest BCUT2D eigenvalue weighted by atomic mass is 16.3. The van der Waals surface area contributed by atoms with Gasteiger partial charge in [-0.25, -0.2) is 0 Å². The van der Waals surface area contributed by atoms with E-state index in [1.165, 1.54) is 42.6 Å². The maximum atomic E-state index is 10.9. The van der Waals surface area contributed by atoms with Crippen molar-refractivity contribution in [2.75, 3.05) is 19.6 Å².